The second kappa shape index (κ2) is 9.83. The zero-order chi connectivity index (χ0) is 25.3. The molecule has 2 amide bonds. The largest absolute Gasteiger partial charge is 0.487 e. The van der Waals surface area contributed by atoms with Gasteiger partial charge in [0.2, 0.25) is 0 Å². The lowest BCUT2D eigenvalue weighted by Crippen LogP contribution is -2.43. The Kier molecular flexibility index (Phi) is 7.00. The Bertz CT molecular complexity index is 1080. The fourth-order valence-corrected chi connectivity index (χ4v) is 4.36. The molecule has 0 atom stereocenters. The molecule has 3 heterocycles. The first-order valence-electron chi connectivity index (χ1n) is 12.0. The van der Waals surface area contributed by atoms with Crippen molar-refractivity contribution in [2.75, 3.05) is 43.9 Å². The molecule has 2 aromatic rings. The maximum Gasteiger partial charge on any atom is 0.319 e. The topological polar surface area (TPSA) is 73.8 Å². The van der Waals surface area contributed by atoms with Crippen LogP contribution in [0.1, 0.15) is 45.0 Å². The number of nitrogens with one attached hydrogen (secondary N) is 1. The molecule has 0 radical (unpaired) electrons. The molecule has 1 N–H and O–H groups in total. The Morgan fingerprint density at radius 1 is 1.11 bits per heavy atom. The van der Waals surface area contributed by atoms with Gasteiger partial charge in [-0.1, -0.05) is 0 Å². The van der Waals surface area contributed by atoms with Crippen molar-refractivity contribution in [3.63, 3.8) is 0 Å². The third-order valence-electron chi connectivity index (χ3n) is 6.07. The number of nitrogens with zero attached hydrogens (tertiary/aromatic N) is 5. The van der Waals surface area contributed by atoms with E-state index in [0.717, 1.165) is 29.1 Å². The lowest BCUT2D eigenvalue weighted by atomic mass is 10.1. The molecular formula is C25H34F2N6O2. The van der Waals surface area contributed by atoms with Crippen molar-refractivity contribution in [2.24, 2.45) is 0 Å². The number of ether oxygens (including phenoxy) is 1. The van der Waals surface area contributed by atoms with Crippen LogP contribution in [0.5, 0.6) is 5.75 Å². The molecule has 1 aromatic heterocycles. The number of carbonyl (C=O) groups is 1. The first-order valence-corrected chi connectivity index (χ1v) is 12.0. The van der Waals surface area contributed by atoms with Gasteiger partial charge in [0.15, 0.2) is 23.2 Å². The van der Waals surface area contributed by atoms with Crippen molar-refractivity contribution < 1.29 is 18.3 Å². The first kappa shape index (κ1) is 24.9. The van der Waals surface area contributed by atoms with Crippen molar-refractivity contribution in [3.8, 4) is 5.75 Å². The van der Waals surface area contributed by atoms with Crippen LogP contribution < -0.4 is 15.0 Å². The molecule has 10 heteroatoms. The highest BCUT2D eigenvalue weighted by Crippen LogP contribution is 2.31. The molecule has 0 spiro atoms. The molecule has 4 rings (SSSR count). The van der Waals surface area contributed by atoms with E-state index in [2.05, 4.69) is 31.0 Å². The molecule has 1 fully saturated rings. The van der Waals surface area contributed by atoms with E-state index >= 15 is 0 Å². The molecule has 190 valence electrons. The minimum absolute atomic E-state index is 0.0399. The van der Waals surface area contributed by atoms with Crippen molar-refractivity contribution in [3.05, 3.63) is 41.2 Å². The van der Waals surface area contributed by atoms with Gasteiger partial charge in [0.25, 0.3) is 0 Å². The van der Waals surface area contributed by atoms with Gasteiger partial charge >= 0.3 is 6.03 Å². The number of piperidine rings is 1. The van der Waals surface area contributed by atoms with Gasteiger partial charge in [-0.05, 0) is 32.9 Å². The van der Waals surface area contributed by atoms with Crippen LogP contribution in [0.2, 0.25) is 0 Å². The molecule has 0 aliphatic carbocycles. The molecule has 0 unspecified atom stereocenters. The normalized spacial score (nSPS) is 16.7. The number of hydrogen-bond donors (Lipinski definition) is 1. The van der Waals surface area contributed by atoms with E-state index in [1.807, 2.05) is 0 Å². The maximum absolute atomic E-state index is 14.0. The molecule has 0 saturated carbocycles. The summed E-state index contributed by atoms with van der Waals surface area (Å²) in [6.07, 6.45) is 1.80. The summed E-state index contributed by atoms with van der Waals surface area (Å²) < 4.78 is 33.0. The lowest BCUT2D eigenvalue weighted by Gasteiger charge is -2.36. The molecule has 0 bridgehead atoms. The van der Waals surface area contributed by atoms with E-state index in [0.29, 0.717) is 45.4 Å². The van der Waals surface area contributed by atoms with E-state index in [9.17, 15) is 13.6 Å². The smallest absolute Gasteiger partial charge is 0.319 e. The average molecular weight is 489 g/mol. The van der Waals surface area contributed by atoms with Gasteiger partial charge in [0, 0.05) is 64.6 Å². The Balaban J connectivity index is 1.53. The van der Waals surface area contributed by atoms with Gasteiger partial charge < -0.3 is 24.8 Å². The van der Waals surface area contributed by atoms with Crippen molar-refractivity contribution >= 4 is 17.7 Å². The second-order valence-electron chi connectivity index (χ2n) is 10.4. The number of benzene rings is 1. The maximum atomic E-state index is 14.0. The summed E-state index contributed by atoms with van der Waals surface area (Å²) in [5.74, 6) is 0.234. The standard InChI is InChI=1S/C25H34F2N6O2/c1-25(2,3)30-22-23(29-20-15-33(24(34)31(4)5)13-10-19(20)28-22)32-11-8-17(9-12-32)35-21-7-6-16(26)14-18(21)27/h6-7,14,17H,8-13,15H2,1-5H3,(H,28,30). The minimum Gasteiger partial charge on any atom is -0.487 e. The summed E-state index contributed by atoms with van der Waals surface area (Å²) in [5.41, 5.74) is 1.52. The van der Waals surface area contributed by atoms with Crippen LogP contribution in [0.3, 0.4) is 0 Å². The predicted molar refractivity (Wildman–Crippen MR) is 131 cm³/mol. The minimum atomic E-state index is -0.693. The van der Waals surface area contributed by atoms with Gasteiger partial charge in [0.1, 0.15) is 11.9 Å². The third-order valence-corrected chi connectivity index (χ3v) is 6.07. The number of fused-ring (bicyclic) bond motifs is 1. The average Bonchev–Trinajstić information content (AvgIpc) is 2.79. The Hall–Kier alpha value is -3.17. The second-order valence-corrected chi connectivity index (χ2v) is 10.4. The van der Waals surface area contributed by atoms with Crippen LogP contribution in [-0.4, -0.2) is 71.2 Å². The molecule has 2 aliphatic heterocycles. The molecule has 2 aliphatic rings. The van der Waals surface area contributed by atoms with Crippen LogP contribution in [0.4, 0.5) is 25.2 Å². The van der Waals surface area contributed by atoms with Gasteiger partial charge in [-0.15, -0.1) is 0 Å². The van der Waals surface area contributed by atoms with Crippen LogP contribution in [-0.2, 0) is 13.0 Å². The number of aromatic nitrogens is 2. The summed E-state index contributed by atoms with van der Waals surface area (Å²) >= 11 is 0. The van der Waals surface area contributed by atoms with E-state index < -0.39 is 11.6 Å². The fourth-order valence-electron chi connectivity index (χ4n) is 4.36. The highest BCUT2D eigenvalue weighted by molar-refractivity contribution is 5.74. The van der Waals surface area contributed by atoms with E-state index in [1.165, 1.54) is 12.1 Å². The number of urea groups is 1. The molecule has 35 heavy (non-hydrogen) atoms. The SMILES string of the molecule is CN(C)C(=O)N1CCc2nc(NC(C)(C)C)c(N3CCC(Oc4ccc(F)cc4F)CC3)nc2C1. The summed E-state index contributed by atoms with van der Waals surface area (Å²) in [7, 11) is 3.49. The van der Waals surface area contributed by atoms with Crippen LogP contribution in [0.15, 0.2) is 18.2 Å². The van der Waals surface area contributed by atoms with Crippen molar-refractivity contribution in [1.29, 1.82) is 0 Å². The number of halogens is 2. The number of hydrogen-bond acceptors (Lipinski definition) is 6. The van der Waals surface area contributed by atoms with Crippen molar-refractivity contribution in [2.45, 2.75) is 58.2 Å². The van der Waals surface area contributed by atoms with Gasteiger partial charge in [-0.3, -0.25) is 0 Å². The van der Waals surface area contributed by atoms with E-state index in [-0.39, 0.29) is 23.4 Å². The van der Waals surface area contributed by atoms with Crippen LogP contribution in [0.25, 0.3) is 0 Å². The zero-order valence-electron chi connectivity index (χ0n) is 21.1. The number of carbonyl (C=O) groups excluding carboxylic acids is 1. The van der Waals surface area contributed by atoms with Gasteiger partial charge in [-0.2, -0.15) is 0 Å². The number of amides is 2. The number of rotatable bonds is 4. The Labute approximate surface area is 205 Å². The summed E-state index contributed by atoms with van der Waals surface area (Å²) in [4.78, 5) is 27.9. The highest BCUT2D eigenvalue weighted by atomic mass is 19.1. The van der Waals surface area contributed by atoms with Gasteiger partial charge in [-0.25, -0.2) is 23.5 Å². The monoisotopic (exact) mass is 488 g/mol. The van der Waals surface area contributed by atoms with E-state index in [4.69, 9.17) is 14.7 Å². The lowest BCUT2D eigenvalue weighted by molar-refractivity contribution is 0.162. The Morgan fingerprint density at radius 3 is 2.46 bits per heavy atom. The molecule has 1 aromatic carbocycles. The third kappa shape index (κ3) is 5.91. The summed E-state index contributed by atoms with van der Waals surface area (Å²) in [5, 5.41) is 3.49. The van der Waals surface area contributed by atoms with Crippen molar-refractivity contribution in [1.82, 2.24) is 19.8 Å². The fraction of sp³-hybridized carbons (Fsp3) is 0.560. The van der Waals surface area contributed by atoms with E-state index in [1.54, 1.807) is 23.9 Å². The van der Waals surface area contributed by atoms with Gasteiger partial charge in [0.05, 0.1) is 17.9 Å². The summed E-state index contributed by atoms with van der Waals surface area (Å²) in [6, 6.07) is 3.33. The molecule has 1 saturated heterocycles. The molecule has 8 nitrogen and oxygen atoms in total. The summed E-state index contributed by atoms with van der Waals surface area (Å²) in [6.45, 7) is 8.56. The molecular weight excluding hydrogens is 454 g/mol. The zero-order valence-corrected chi connectivity index (χ0v) is 21.1. The quantitative estimate of drug-likeness (QED) is 0.700. The Morgan fingerprint density at radius 2 is 1.83 bits per heavy atom. The number of anilines is 2. The highest BCUT2D eigenvalue weighted by Gasteiger charge is 2.30. The van der Waals surface area contributed by atoms with Crippen LogP contribution in [0, 0.1) is 11.6 Å². The first-order chi connectivity index (χ1) is 16.5. The van der Waals surface area contributed by atoms with Crippen LogP contribution >= 0.6 is 0 Å². The predicted octanol–water partition coefficient (Wildman–Crippen LogP) is 4.05.